The molecule has 0 unspecified atom stereocenters. The van der Waals surface area contributed by atoms with Gasteiger partial charge in [-0.1, -0.05) is 129 Å². The first kappa shape index (κ1) is 28.3. The molecule has 232 valence electrons. The maximum atomic E-state index is 2.47. The van der Waals surface area contributed by atoms with E-state index in [-0.39, 0.29) is 5.41 Å². The minimum atomic E-state index is -0.0457. The quantitative estimate of drug-likeness (QED) is 0.184. The van der Waals surface area contributed by atoms with Gasteiger partial charge in [0.15, 0.2) is 0 Å². The molecule has 0 saturated carbocycles. The Bertz CT molecular complexity index is 2770. The van der Waals surface area contributed by atoms with Crippen LogP contribution in [0.4, 0.5) is 17.1 Å². The highest BCUT2D eigenvalue weighted by molar-refractivity contribution is 7.26. The van der Waals surface area contributed by atoms with Crippen molar-refractivity contribution in [1.29, 1.82) is 0 Å². The third kappa shape index (κ3) is 4.31. The second-order valence-corrected chi connectivity index (χ2v) is 14.8. The first-order valence-corrected chi connectivity index (χ1v) is 17.8. The first-order chi connectivity index (χ1) is 24.0. The van der Waals surface area contributed by atoms with Crippen LogP contribution in [0.3, 0.4) is 0 Å². The van der Waals surface area contributed by atoms with Crippen molar-refractivity contribution < 1.29 is 0 Å². The van der Waals surface area contributed by atoms with Crippen LogP contribution in [0.15, 0.2) is 164 Å². The van der Waals surface area contributed by atoms with E-state index in [1.165, 1.54) is 75.1 Å². The van der Waals surface area contributed by atoms with Gasteiger partial charge in [0.2, 0.25) is 0 Å². The van der Waals surface area contributed by atoms with Gasteiger partial charge in [0.25, 0.3) is 0 Å². The Hall–Kier alpha value is -5.70. The number of hydrogen-bond donors (Lipinski definition) is 0. The monoisotopic (exact) mass is 643 g/mol. The van der Waals surface area contributed by atoms with Gasteiger partial charge in [-0.05, 0) is 97.9 Å². The fourth-order valence-electron chi connectivity index (χ4n) is 8.22. The maximum absolute atomic E-state index is 2.47. The van der Waals surface area contributed by atoms with Crippen LogP contribution in [0.25, 0.3) is 64.0 Å². The number of anilines is 3. The SMILES string of the molecule is CC1(C)c2ccccc2-c2cc(N(c3ccc4c(ccc5sc6ccccc6c54)c3)c3ccccc3-c3ccc4ccccc4c3)ccc21. The van der Waals surface area contributed by atoms with Crippen molar-refractivity contribution in [2.45, 2.75) is 19.3 Å². The summed E-state index contributed by atoms with van der Waals surface area (Å²) in [5, 5.41) is 7.72. The maximum Gasteiger partial charge on any atom is 0.0540 e. The van der Waals surface area contributed by atoms with E-state index in [2.05, 4.69) is 183 Å². The Kier molecular flexibility index (Phi) is 6.16. The molecule has 2 heteroatoms. The van der Waals surface area contributed by atoms with Crippen molar-refractivity contribution >= 4 is 70.1 Å². The van der Waals surface area contributed by atoms with E-state index < -0.39 is 0 Å². The third-order valence-electron chi connectivity index (χ3n) is 10.6. The molecule has 1 nitrogen and oxygen atoms in total. The van der Waals surface area contributed by atoms with Gasteiger partial charge in [-0.3, -0.25) is 0 Å². The number of thiophene rings is 1. The predicted octanol–water partition coefficient (Wildman–Crippen LogP) is 13.8. The van der Waals surface area contributed by atoms with E-state index in [0.29, 0.717) is 0 Å². The number of rotatable bonds is 4. The molecular formula is C47H33NS. The Morgan fingerprint density at radius 1 is 0.449 bits per heavy atom. The lowest BCUT2D eigenvalue weighted by Gasteiger charge is -2.29. The Balaban J connectivity index is 1.22. The van der Waals surface area contributed by atoms with Crippen LogP contribution >= 0.6 is 11.3 Å². The summed E-state index contributed by atoms with van der Waals surface area (Å²) in [6.45, 7) is 4.70. The minimum Gasteiger partial charge on any atom is -0.310 e. The molecule has 0 aliphatic heterocycles. The van der Waals surface area contributed by atoms with Gasteiger partial charge < -0.3 is 4.90 Å². The molecule has 9 aromatic rings. The van der Waals surface area contributed by atoms with E-state index in [0.717, 1.165) is 17.1 Å². The zero-order valence-corrected chi connectivity index (χ0v) is 28.3. The fraction of sp³-hybridized carbons (Fsp3) is 0.0638. The van der Waals surface area contributed by atoms with Crippen molar-refractivity contribution in [2.24, 2.45) is 0 Å². The summed E-state index contributed by atoms with van der Waals surface area (Å²) in [5.41, 5.74) is 11.2. The molecule has 0 N–H and O–H groups in total. The van der Waals surface area contributed by atoms with Crippen LogP contribution in [-0.4, -0.2) is 0 Å². The number of fused-ring (bicyclic) bond motifs is 9. The van der Waals surface area contributed by atoms with E-state index >= 15 is 0 Å². The molecule has 1 aliphatic rings. The fourth-order valence-corrected chi connectivity index (χ4v) is 9.35. The molecule has 0 saturated heterocycles. The molecule has 1 aromatic heterocycles. The van der Waals surface area contributed by atoms with E-state index in [4.69, 9.17) is 0 Å². The highest BCUT2D eigenvalue weighted by atomic mass is 32.1. The lowest BCUT2D eigenvalue weighted by Crippen LogP contribution is -2.15. The van der Waals surface area contributed by atoms with Crippen LogP contribution in [-0.2, 0) is 5.41 Å². The topological polar surface area (TPSA) is 3.24 Å². The summed E-state index contributed by atoms with van der Waals surface area (Å²) in [7, 11) is 0. The Labute approximate surface area is 290 Å². The van der Waals surface area contributed by atoms with E-state index in [9.17, 15) is 0 Å². The van der Waals surface area contributed by atoms with Crippen LogP contribution in [0.5, 0.6) is 0 Å². The average Bonchev–Trinajstić information content (AvgIpc) is 3.64. The normalized spacial score (nSPS) is 13.3. The lowest BCUT2D eigenvalue weighted by atomic mass is 9.82. The zero-order chi connectivity index (χ0) is 32.7. The minimum absolute atomic E-state index is 0.0457. The molecule has 0 bridgehead atoms. The molecule has 0 atom stereocenters. The first-order valence-electron chi connectivity index (χ1n) is 17.0. The van der Waals surface area contributed by atoms with Crippen LogP contribution in [0, 0.1) is 0 Å². The number of hydrogen-bond acceptors (Lipinski definition) is 2. The Morgan fingerprint density at radius 3 is 2.06 bits per heavy atom. The molecule has 0 spiro atoms. The largest absolute Gasteiger partial charge is 0.310 e. The molecule has 10 rings (SSSR count). The number of para-hydroxylation sites is 1. The van der Waals surface area contributed by atoms with Crippen molar-refractivity contribution in [1.82, 2.24) is 0 Å². The van der Waals surface area contributed by atoms with E-state index in [1.807, 2.05) is 11.3 Å². The third-order valence-corrected chi connectivity index (χ3v) is 11.8. The summed E-state index contributed by atoms with van der Waals surface area (Å²) in [6.07, 6.45) is 0. The molecule has 1 heterocycles. The smallest absolute Gasteiger partial charge is 0.0540 e. The molecule has 8 aromatic carbocycles. The van der Waals surface area contributed by atoms with Gasteiger partial charge >= 0.3 is 0 Å². The highest BCUT2D eigenvalue weighted by Gasteiger charge is 2.35. The number of benzene rings is 8. The molecule has 0 amide bonds. The standard InChI is InChI=1S/C47H33NS/c1-47(2)41-16-8-5-14-38(41)40-29-35(23-25-42(40)47)48(43-17-9-6-13-36(43)32-20-19-30-11-3-4-12-31(30)27-32)34-22-24-37-33(28-34)21-26-45-46(37)39-15-7-10-18-44(39)49-45/h3-29H,1-2H3. The second kappa shape index (κ2) is 10.7. The van der Waals surface area contributed by atoms with Crippen molar-refractivity contribution in [2.75, 3.05) is 4.90 Å². The van der Waals surface area contributed by atoms with Crippen LogP contribution < -0.4 is 4.90 Å². The second-order valence-electron chi connectivity index (χ2n) is 13.8. The summed E-state index contributed by atoms with van der Waals surface area (Å²) in [4.78, 5) is 2.47. The van der Waals surface area contributed by atoms with Crippen LogP contribution in [0.1, 0.15) is 25.0 Å². The van der Waals surface area contributed by atoms with Crippen molar-refractivity contribution in [3.63, 3.8) is 0 Å². The zero-order valence-electron chi connectivity index (χ0n) is 27.4. The predicted molar refractivity (Wildman–Crippen MR) is 212 cm³/mol. The van der Waals surface area contributed by atoms with Gasteiger partial charge in [0, 0.05) is 42.5 Å². The summed E-state index contributed by atoms with van der Waals surface area (Å²) in [5.74, 6) is 0. The Morgan fingerprint density at radius 2 is 1.14 bits per heavy atom. The average molecular weight is 644 g/mol. The molecular weight excluding hydrogens is 611 g/mol. The van der Waals surface area contributed by atoms with Gasteiger partial charge in [0.05, 0.1) is 5.69 Å². The number of nitrogens with zero attached hydrogens (tertiary/aromatic N) is 1. The van der Waals surface area contributed by atoms with Gasteiger partial charge in [-0.15, -0.1) is 11.3 Å². The van der Waals surface area contributed by atoms with Crippen molar-refractivity contribution in [3.05, 3.63) is 175 Å². The molecule has 0 fully saturated rings. The summed E-state index contributed by atoms with van der Waals surface area (Å²) in [6, 6.07) is 60.7. The van der Waals surface area contributed by atoms with Gasteiger partial charge in [0.1, 0.15) is 0 Å². The molecule has 1 aliphatic carbocycles. The van der Waals surface area contributed by atoms with E-state index in [1.54, 1.807) is 0 Å². The summed E-state index contributed by atoms with van der Waals surface area (Å²) < 4.78 is 2.67. The summed E-state index contributed by atoms with van der Waals surface area (Å²) >= 11 is 1.88. The highest BCUT2D eigenvalue weighted by Crippen LogP contribution is 2.51. The lowest BCUT2D eigenvalue weighted by molar-refractivity contribution is 0.660. The van der Waals surface area contributed by atoms with Gasteiger partial charge in [-0.25, -0.2) is 0 Å². The molecule has 49 heavy (non-hydrogen) atoms. The van der Waals surface area contributed by atoms with Gasteiger partial charge in [-0.2, -0.15) is 0 Å². The van der Waals surface area contributed by atoms with Crippen LogP contribution in [0.2, 0.25) is 0 Å². The van der Waals surface area contributed by atoms with Crippen molar-refractivity contribution in [3.8, 4) is 22.3 Å². The molecule has 0 radical (unpaired) electrons.